The first kappa shape index (κ1) is 23.1. The standard InChI is InChI=1S/C25H28N4O3S/c1-17-13-21(19(3)29(17)18(2)15-31-4)22(30)16-33-25-27-26-24(23-11-8-12-32-23)28(25)14-20-9-6-5-7-10-20/h5-13,18H,14-16H2,1-4H3. The van der Waals surface area contributed by atoms with E-state index in [1.54, 1.807) is 13.4 Å². The Labute approximate surface area is 197 Å². The van der Waals surface area contributed by atoms with Crippen LogP contribution in [0.3, 0.4) is 0 Å². The second kappa shape index (κ2) is 10.2. The van der Waals surface area contributed by atoms with Crippen molar-refractivity contribution in [1.82, 2.24) is 19.3 Å². The summed E-state index contributed by atoms with van der Waals surface area (Å²) in [6, 6.07) is 15.9. The van der Waals surface area contributed by atoms with Gasteiger partial charge in [0, 0.05) is 24.1 Å². The van der Waals surface area contributed by atoms with Crippen molar-refractivity contribution >= 4 is 17.5 Å². The molecule has 0 bridgehead atoms. The van der Waals surface area contributed by atoms with Crippen molar-refractivity contribution in [3.63, 3.8) is 0 Å². The molecule has 3 aromatic heterocycles. The largest absolute Gasteiger partial charge is 0.461 e. The summed E-state index contributed by atoms with van der Waals surface area (Å²) in [5, 5.41) is 9.41. The molecule has 0 aliphatic carbocycles. The minimum Gasteiger partial charge on any atom is -0.461 e. The first-order valence-electron chi connectivity index (χ1n) is 10.8. The minimum atomic E-state index is 0.0674. The second-order valence-corrected chi connectivity index (χ2v) is 8.97. The van der Waals surface area contributed by atoms with Gasteiger partial charge in [0.1, 0.15) is 0 Å². The summed E-state index contributed by atoms with van der Waals surface area (Å²) in [5.74, 6) is 1.63. The molecule has 172 valence electrons. The van der Waals surface area contributed by atoms with Gasteiger partial charge in [-0.1, -0.05) is 42.1 Å². The van der Waals surface area contributed by atoms with E-state index in [1.165, 1.54) is 11.8 Å². The Hall–Kier alpha value is -3.10. The topological polar surface area (TPSA) is 75.1 Å². The highest BCUT2D eigenvalue weighted by Crippen LogP contribution is 2.27. The molecule has 33 heavy (non-hydrogen) atoms. The minimum absolute atomic E-state index is 0.0674. The molecule has 1 aromatic carbocycles. The average molecular weight is 465 g/mol. The Morgan fingerprint density at radius 1 is 1.15 bits per heavy atom. The van der Waals surface area contributed by atoms with Crippen LogP contribution in [0.25, 0.3) is 11.6 Å². The molecule has 4 rings (SSSR count). The maximum atomic E-state index is 13.1. The number of hydrogen-bond donors (Lipinski definition) is 0. The van der Waals surface area contributed by atoms with Gasteiger partial charge < -0.3 is 13.7 Å². The van der Waals surface area contributed by atoms with Crippen LogP contribution < -0.4 is 0 Å². The zero-order chi connectivity index (χ0) is 23.4. The lowest BCUT2D eigenvalue weighted by Gasteiger charge is -2.17. The van der Waals surface area contributed by atoms with Crippen LogP contribution in [0.5, 0.6) is 0 Å². The van der Waals surface area contributed by atoms with E-state index in [9.17, 15) is 4.79 Å². The molecular formula is C25H28N4O3S. The lowest BCUT2D eigenvalue weighted by Crippen LogP contribution is -2.15. The number of Topliss-reactive ketones (excluding diaryl/α,β-unsaturated/α-hetero) is 1. The third kappa shape index (κ3) is 4.96. The van der Waals surface area contributed by atoms with E-state index in [4.69, 9.17) is 9.15 Å². The van der Waals surface area contributed by atoms with Crippen molar-refractivity contribution in [2.75, 3.05) is 19.5 Å². The third-order valence-electron chi connectivity index (χ3n) is 5.61. The van der Waals surface area contributed by atoms with E-state index in [1.807, 2.05) is 54.8 Å². The van der Waals surface area contributed by atoms with Gasteiger partial charge >= 0.3 is 0 Å². The maximum absolute atomic E-state index is 13.1. The predicted molar refractivity (Wildman–Crippen MR) is 129 cm³/mol. The number of aryl methyl sites for hydroxylation is 1. The fourth-order valence-corrected chi connectivity index (χ4v) is 4.97. The van der Waals surface area contributed by atoms with E-state index in [2.05, 4.69) is 33.8 Å². The number of hydrogen-bond acceptors (Lipinski definition) is 6. The molecule has 0 radical (unpaired) electrons. The van der Waals surface area contributed by atoms with Crippen LogP contribution >= 0.6 is 11.8 Å². The molecule has 0 N–H and O–H groups in total. The molecule has 0 aliphatic heterocycles. The number of methoxy groups -OCH3 is 1. The SMILES string of the molecule is COCC(C)n1c(C)cc(C(=O)CSc2nnc(-c3ccco3)n2Cc2ccccc2)c1C. The first-order valence-corrected chi connectivity index (χ1v) is 11.8. The van der Waals surface area contributed by atoms with Crippen molar-refractivity contribution in [3.05, 3.63) is 77.3 Å². The highest BCUT2D eigenvalue weighted by atomic mass is 32.2. The van der Waals surface area contributed by atoms with Gasteiger partial charge in [-0.05, 0) is 44.5 Å². The number of carbonyl (C=O) groups is 1. The van der Waals surface area contributed by atoms with Crippen molar-refractivity contribution in [2.45, 2.75) is 38.5 Å². The highest BCUT2D eigenvalue weighted by molar-refractivity contribution is 7.99. The van der Waals surface area contributed by atoms with Gasteiger partial charge in [-0.25, -0.2) is 0 Å². The summed E-state index contributed by atoms with van der Waals surface area (Å²) in [7, 11) is 1.69. The molecule has 0 aliphatic rings. The molecular weight excluding hydrogens is 436 g/mol. The van der Waals surface area contributed by atoms with Gasteiger partial charge in [0.05, 0.1) is 31.2 Å². The number of nitrogens with zero attached hydrogens (tertiary/aromatic N) is 4. The Bertz CT molecular complexity index is 1210. The van der Waals surface area contributed by atoms with Gasteiger partial charge in [0.15, 0.2) is 16.7 Å². The van der Waals surface area contributed by atoms with E-state index >= 15 is 0 Å². The molecule has 0 amide bonds. The van der Waals surface area contributed by atoms with E-state index in [-0.39, 0.29) is 17.6 Å². The molecule has 1 unspecified atom stereocenters. The molecule has 4 aromatic rings. The summed E-state index contributed by atoms with van der Waals surface area (Å²) in [5.41, 5.74) is 3.87. The summed E-state index contributed by atoms with van der Waals surface area (Å²) in [6.07, 6.45) is 1.62. The van der Waals surface area contributed by atoms with Crippen molar-refractivity contribution in [1.29, 1.82) is 0 Å². The van der Waals surface area contributed by atoms with E-state index in [0.717, 1.165) is 22.5 Å². The number of carbonyl (C=O) groups excluding carboxylic acids is 1. The number of thioether (sulfide) groups is 1. The molecule has 7 nitrogen and oxygen atoms in total. The Kier molecular flexibility index (Phi) is 7.15. The van der Waals surface area contributed by atoms with Gasteiger partial charge in [-0.15, -0.1) is 10.2 Å². The summed E-state index contributed by atoms with van der Waals surface area (Å²) in [6.45, 7) is 7.29. The lowest BCUT2D eigenvalue weighted by atomic mass is 10.2. The Balaban J connectivity index is 1.56. The number of ether oxygens (including phenoxy) is 1. The zero-order valence-corrected chi connectivity index (χ0v) is 20.1. The number of aromatic nitrogens is 4. The number of ketones is 1. The molecule has 1 atom stereocenters. The molecule has 0 saturated carbocycles. The molecule has 3 heterocycles. The fraction of sp³-hybridized carbons (Fsp3) is 0.320. The molecule has 8 heteroatoms. The number of furan rings is 1. The normalized spacial score (nSPS) is 12.2. The monoisotopic (exact) mass is 464 g/mol. The van der Waals surface area contributed by atoms with Crippen LogP contribution in [0.1, 0.15) is 40.3 Å². The quantitative estimate of drug-likeness (QED) is 0.238. The van der Waals surface area contributed by atoms with Crippen LogP contribution in [0.15, 0.2) is 64.4 Å². The van der Waals surface area contributed by atoms with Crippen LogP contribution in [-0.2, 0) is 11.3 Å². The van der Waals surface area contributed by atoms with Gasteiger partial charge in [0.2, 0.25) is 5.82 Å². The zero-order valence-electron chi connectivity index (χ0n) is 19.3. The second-order valence-electron chi connectivity index (χ2n) is 8.03. The number of rotatable bonds is 10. The molecule has 0 fully saturated rings. The Morgan fingerprint density at radius 3 is 2.64 bits per heavy atom. The third-order valence-corrected chi connectivity index (χ3v) is 6.57. The van der Waals surface area contributed by atoms with Gasteiger partial charge in [-0.3, -0.25) is 9.36 Å². The summed E-state index contributed by atoms with van der Waals surface area (Å²) < 4.78 is 15.0. The van der Waals surface area contributed by atoms with Gasteiger partial charge in [0.25, 0.3) is 0 Å². The van der Waals surface area contributed by atoms with E-state index in [0.29, 0.717) is 29.9 Å². The van der Waals surface area contributed by atoms with Crippen molar-refractivity contribution in [2.24, 2.45) is 0 Å². The van der Waals surface area contributed by atoms with Crippen LogP contribution in [0.2, 0.25) is 0 Å². The Morgan fingerprint density at radius 2 is 1.94 bits per heavy atom. The highest BCUT2D eigenvalue weighted by Gasteiger charge is 2.21. The average Bonchev–Trinajstić information content (AvgIpc) is 3.53. The molecule has 0 saturated heterocycles. The summed E-state index contributed by atoms with van der Waals surface area (Å²) in [4.78, 5) is 13.1. The van der Waals surface area contributed by atoms with Crippen molar-refractivity contribution < 1.29 is 13.9 Å². The maximum Gasteiger partial charge on any atom is 0.200 e. The van der Waals surface area contributed by atoms with Crippen LogP contribution in [0, 0.1) is 13.8 Å². The lowest BCUT2D eigenvalue weighted by molar-refractivity contribution is 0.102. The van der Waals surface area contributed by atoms with E-state index < -0.39 is 0 Å². The van der Waals surface area contributed by atoms with Crippen molar-refractivity contribution in [3.8, 4) is 11.6 Å². The van der Waals surface area contributed by atoms with Gasteiger partial charge in [-0.2, -0.15) is 0 Å². The molecule has 0 spiro atoms. The van der Waals surface area contributed by atoms with Crippen LogP contribution in [-0.4, -0.2) is 44.6 Å². The first-order chi connectivity index (χ1) is 16.0. The fourth-order valence-electron chi connectivity index (χ4n) is 4.15. The van der Waals surface area contributed by atoms with Crippen LogP contribution in [0.4, 0.5) is 0 Å². The summed E-state index contributed by atoms with van der Waals surface area (Å²) >= 11 is 1.39. The predicted octanol–water partition coefficient (Wildman–Crippen LogP) is 5.19. The smallest absolute Gasteiger partial charge is 0.200 e. The number of benzene rings is 1.